The van der Waals surface area contributed by atoms with Crippen molar-refractivity contribution in [2.24, 2.45) is 10.2 Å². The van der Waals surface area contributed by atoms with Gasteiger partial charge >= 0.3 is 90.2 Å². The summed E-state index contributed by atoms with van der Waals surface area (Å²) < 4.78 is 16.2. The molecule has 0 aliphatic rings. The molecule has 2 radical (unpaired) electrons. The van der Waals surface area contributed by atoms with Crippen molar-refractivity contribution in [3.05, 3.63) is 180 Å². The minimum Gasteiger partial charge on any atom is -0.214 e. The standard InChI is InChI=1S/2C14H13N2O2.2C5H5.4C2H5.2Fe.2In/c2*1-18-13-8-6-12(7-9-13)14(17)16-15-10-11-4-2-3-5-11;2*1-2-4-5-3-1;4*1-2;;;;/h2*2-10H,1H3,(H,16,17);2*1-5H;4*1H2,2H3;;;;/q4*-1;;;;;;;;. The third kappa shape index (κ3) is 29.7. The van der Waals surface area contributed by atoms with Crippen LogP contribution in [-0.4, -0.2) is 84.3 Å². The van der Waals surface area contributed by atoms with Gasteiger partial charge < -0.3 is 9.47 Å². The van der Waals surface area contributed by atoms with Crippen LogP contribution in [0.5, 0.6) is 11.5 Å². The van der Waals surface area contributed by atoms with Crippen LogP contribution in [0.15, 0.2) is 168 Å². The Kier molecular flexibility index (Phi) is 39.3. The number of nitrogens with one attached hydrogen (secondary N) is 2. The van der Waals surface area contributed by atoms with Gasteiger partial charge in [-0.3, -0.25) is 9.59 Å². The number of hydrogen-bond donors (Lipinski definition) is 2. The van der Waals surface area contributed by atoms with Crippen molar-refractivity contribution in [1.82, 2.24) is 10.9 Å². The molecule has 310 valence electrons. The first-order valence-corrected chi connectivity index (χ1v) is 28.1. The van der Waals surface area contributed by atoms with Crippen LogP contribution < -0.4 is 20.3 Å². The molecule has 6 aromatic carbocycles. The third-order valence-electron chi connectivity index (χ3n) is 7.11. The summed E-state index contributed by atoms with van der Waals surface area (Å²) in [4.78, 5) is 23.4. The molecule has 0 fully saturated rings. The largest absolute Gasteiger partial charge is 0.214 e. The van der Waals surface area contributed by atoms with Crippen molar-refractivity contribution in [2.75, 3.05) is 14.2 Å². The molecule has 6 aromatic rings. The van der Waals surface area contributed by atoms with Crippen molar-refractivity contribution in [3.8, 4) is 11.5 Å². The Hall–Kier alpha value is -3.50. The number of hydrogen-bond acceptors (Lipinski definition) is 6. The molecule has 0 unspecified atom stereocenters. The molecule has 8 nitrogen and oxygen atoms in total. The van der Waals surface area contributed by atoms with E-state index in [0.29, 0.717) is 22.6 Å². The Morgan fingerprint density at radius 2 is 0.845 bits per heavy atom. The fourth-order valence-corrected chi connectivity index (χ4v) is 7.41. The van der Waals surface area contributed by atoms with Gasteiger partial charge in [-0.05, 0) is 61.0 Å². The molecule has 2 amide bonds. The van der Waals surface area contributed by atoms with E-state index < -0.39 is 0 Å². The van der Waals surface area contributed by atoms with Gasteiger partial charge in [0.1, 0.15) is 11.5 Å². The summed E-state index contributed by atoms with van der Waals surface area (Å²) in [6.45, 7) is 9.18. The van der Waals surface area contributed by atoms with Gasteiger partial charge in [-0.1, -0.05) is 0 Å². The molecule has 12 heteroatoms. The number of rotatable bonds is 12. The monoisotopic (exact) mass is 1070 g/mol. The maximum atomic E-state index is 11.7. The molecule has 6 rings (SSSR count). The molecular formula is C46H56Fe2In2N4O4-4. The summed E-state index contributed by atoms with van der Waals surface area (Å²) in [6, 6.07) is 48.9. The zero-order chi connectivity index (χ0) is 40.9. The predicted molar refractivity (Wildman–Crippen MR) is 238 cm³/mol. The van der Waals surface area contributed by atoms with Gasteiger partial charge in [0.25, 0.3) is 11.8 Å². The molecular weight excluding hydrogens is 1010 g/mol. The van der Waals surface area contributed by atoms with E-state index in [1.54, 1.807) is 75.2 Å². The third-order valence-corrected chi connectivity index (χ3v) is 13.7. The number of nitrogens with zero attached hydrogens (tertiary/aromatic N) is 2. The minimum absolute atomic E-state index is 0. The van der Waals surface area contributed by atoms with Gasteiger partial charge in [0.2, 0.25) is 0 Å². The molecule has 0 saturated carbocycles. The van der Waals surface area contributed by atoms with Crippen molar-refractivity contribution < 1.29 is 53.2 Å². The number of benzene rings is 2. The van der Waals surface area contributed by atoms with Gasteiger partial charge in [0, 0.05) is 45.3 Å². The molecule has 0 aromatic heterocycles. The molecule has 0 spiro atoms. The summed E-state index contributed by atoms with van der Waals surface area (Å²) in [5.74, 6) is 0.930. The first kappa shape index (κ1) is 56.6. The number of hydrazone groups is 2. The van der Waals surface area contributed by atoms with E-state index in [1.165, 1.54) is 16.7 Å². The van der Waals surface area contributed by atoms with Crippen LogP contribution in [0, 0.1) is 0 Å². The second kappa shape index (κ2) is 40.3. The van der Waals surface area contributed by atoms with E-state index in [9.17, 15) is 9.59 Å². The van der Waals surface area contributed by atoms with Crippen LogP contribution in [0.25, 0.3) is 0 Å². The summed E-state index contributed by atoms with van der Waals surface area (Å²) in [6.07, 6.45) is 3.20. The van der Waals surface area contributed by atoms with E-state index in [4.69, 9.17) is 9.47 Å². The number of ether oxygens (including phenoxy) is 2. The predicted octanol–water partition coefficient (Wildman–Crippen LogP) is 10.3. The zero-order valence-corrected chi connectivity index (χ0v) is 43.2. The fraction of sp³-hybridized carbons (Fsp3) is 0.217. The van der Waals surface area contributed by atoms with E-state index in [2.05, 4.69) is 48.7 Å². The topological polar surface area (TPSA) is 101 Å². The van der Waals surface area contributed by atoms with Crippen LogP contribution in [0.2, 0.25) is 16.7 Å². The Bertz CT molecular complexity index is 1610. The summed E-state index contributed by atoms with van der Waals surface area (Å²) in [5, 5.41) is 7.75. The average molecular weight is 1070 g/mol. The Morgan fingerprint density at radius 3 is 1.05 bits per heavy atom. The van der Waals surface area contributed by atoms with Crippen molar-refractivity contribution in [3.63, 3.8) is 0 Å². The van der Waals surface area contributed by atoms with E-state index >= 15 is 0 Å². The molecule has 0 aliphatic carbocycles. The zero-order valence-electron chi connectivity index (χ0n) is 34.4. The van der Waals surface area contributed by atoms with Crippen LogP contribution in [-0.2, 0) is 34.1 Å². The van der Waals surface area contributed by atoms with Crippen LogP contribution in [0.1, 0.15) is 59.5 Å². The molecule has 0 aliphatic heterocycles. The number of methoxy groups -OCH3 is 2. The number of amides is 2. The van der Waals surface area contributed by atoms with E-state index in [1.807, 2.05) is 109 Å². The second-order valence-electron chi connectivity index (χ2n) is 11.4. The summed E-state index contributed by atoms with van der Waals surface area (Å²) in [5.41, 5.74) is 7.90. The van der Waals surface area contributed by atoms with E-state index in [0.717, 1.165) is 11.1 Å². The summed E-state index contributed by atoms with van der Waals surface area (Å²) in [7, 11) is 3.17. The first-order valence-electron chi connectivity index (χ1n) is 18.8. The molecule has 0 saturated heterocycles. The van der Waals surface area contributed by atoms with Gasteiger partial charge in [-0.15, -0.1) is 11.1 Å². The maximum absolute atomic E-state index is 11.7. The normalized spacial score (nSPS) is 9.21. The maximum Gasteiger partial charge on any atom is 0 e. The SMILES string of the molecule is COc1ccc(C(=O)NN=C[c-]2cccc2)cc1.COc1ccc(C(=O)NN=C[c-]2cccc2)cc1.C[CH2][In][CH2]C.C[CH2][In][CH2]C.[Fe].[Fe].c1cc[cH-]c1.c1cc[cH-]c1. The number of carbonyl (C=O) groups is 2. The minimum atomic E-state index is -0.250. The molecule has 0 atom stereocenters. The van der Waals surface area contributed by atoms with E-state index in [-0.39, 0.29) is 91.8 Å². The van der Waals surface area contributed by atoms with Gasteiger partial charge in [0.15, 0.2) is 0 Å². The average Bonchev–Trinajstić information content (AvgIpc) is 4.10. The number of carbonyl (C=O) groups excluding carboxylic acids is 2. The van der Waals surface area contributed by atoms with Gasteiger partial charge in [-0.2, -0.15) is 70.9 Å². The van der Waals surface area contributed by atoms with Gasteiger partial charge in [0.05, 0.1) is 14.2 Å². The summed E-state index contributed by atoms with van der Waals surface area (Å²) >= 11 is 0.160. The second-order valence-corrected chi connectivity index (χ2v) is 24.0. The quantitative estimate of drug-likeness (QED) is 0.0552. The molecule has 58 heavy (non-hydrogen) atoms. The molecule has 2 N–H and O–H groups in total. The van der Waals surface area contributed by atoms with Crippen molar-refractivity contribution in [1.29, 1.82) is 0 Å². The Labute approximate surface area is 390 Å². The smallest absolute Gasteiger partial charge is 0 e. The first-order chi connectivity index (χ1) is 27.4. The van der Waals surface area contributed by atoms with Crippen molar-refractivity contribution in [2.45, 2.75) is 44.4 Å². The van der Waals surface area contributed by atoms with Crippen LogP contribution in [0.4, 0.5) is 0 Å². The fourth-order valence-electron chi connectivity index (χ4n) is 4.11. The van der Waals surface area contributed by atoms with Crippen LogP contribution in [0.3, 0.4) is 0 Å². The van der Waals surface area contributed by atoms with Crippen molar-refractivity contribution >= 4 is 70.1 Å². The van der Waals surface area contributed by atoms with Gasteiger partial charge in [-0.25, -0.2) is 59.4 Å². The molecule has 0 bridgehead atoms. The molecule has 0 heterocycles. The Morgan fingerprint density at radius 1 is 0.552 bits per heavy atom. The van der Waals surface area contributed by atoms with Crippen LogP contribution >= 0.6 is 0 Å². The Balaban J connectivity index is 0.